The van der Waals surface area contributed by atoms with Crippen molar-refractivity contribution in [3.63, 3.8) is 0 Å². The summed E-state index contributed by atoms with van der Waals surface area (Å²) in [6.07, 6.45) is 0. The third kappa shape index (κ3) is 2.31. The first-order valence-corrected chi connectivity index (χ1v) is 6.71. The van der Waals surface area contributed by atoms with E-state index in [0.29, 0.717) is 19.8 Å². The van der Waals surface area contributed by atoms with Gasteiger partial charge < -0.3 is 14.4 Å². The number of nitrogens with zero attached hydrogens (tertiary/aromatic N) is 1. The Hall–Kier alpha value is -1.59. The third-order valence-electron chi connectivity index (χ3n) is 3.25. The second-order valence-electron chi connectivity index (χ2n) is 4.50. The van der Waals surface area contributed by atoms with Gasteiger partial charge >= 0.3 is 0 Å². The zero-order valence-corrected chi connectivity index (χ0v) is 11.7. The van der Waals surface area contributed by atoms with Crippen molar-refractivity contribution in [2.45, 2.75) is 19.8 Å². The molecule has 1 aliphatic rings. The molecule has 2 heterocycles. The van der Waals surface area contributed by atoms with Gasteiger partial charge in [0.1, 0.15) is 5.75 Å². The van der Waals surface area contributed by atoms with Crippen LogP contribution in [0.2, 0.25) is 0 Å². The molecule has 2 aromatic rings. The van der Waals surface area contributed by atoms with Crippen molar-refractivity contribution in [1.29, 1.82) is 0 Å². The monoisotopic (exact) mass is 321 g/mol. The summed E-state index contributed by atoms with van der Waals surface area (Å²) in [7, 11) is 0. The molecule has 19 heavy (non-hydrogen) atoms. The van der Waals surface area contributed by atoms with Crippen molar-refractivity contribution >= 4 is 15.9 Å². The van der Waals surface area contributed by atoms with Crippen molar-refractivity contribution in [2.75, 3.05) is 0 Å². The Kier molecular flexibility index (Phi) is 3.16. The zero-order valence-electron chi connectivity index (χ0n) is 10.1. The molecule has 0 fully saturated rings. The van der Waals surface area contributed by atoms with E-state index in [1.54, 1.807) is 4.57 Å². The highest BCUT2D eigenvalue weighted by Crippen LogP contribution is 2.26. The zero-order chi connectivity index (χ0) is 13.4. The van der Waals surface area contributed by atoms with Crippen molar-refractivity contribution in [3.05, 3.63) is 62.0 Å². The van der Waals surface area contributed by atoms with Crippen LogP contribution in [-0.4, -0.2) is 9.67 Å². The fraction of sp³-hybridized carbons (Fsp3) is 0.214. The quantitative estimate of drug-likeness (QED) is 0.924. The van der Waals surface area contributed by atoms with E-state index in [0.717, 1.165) is 21.3 Å². The molecule has 1 N–H and O–H groups in total. The van der Waals surface area contributed by atoms with Gasteiger partial charge in [0.05, 0.1) is 25.5 Å². The summed E-state index contributed by atoms with van der Waals surface area (Å²) >= 11 is 3.38. The number of halogens is 1. The summed E-state index contributed by atoms with van der Waals surface area (Å²) in [6, 6.07) is 9.07. The molecule has 0 radical (unpaired) electrons. The van der Waals surface area contributed by atoms with E-state index in [9.17, 15) is 9.90 Å². The number of ether oxygens (including phenoxy) is 1. The first-order valence-electron chi connectivity index (χ1n) is 5.92. The van der Waals surface area contributed by atoms with Gasteiger partial charge in [0.2, 0.25) is 0 Å². The first kappa shape index (κ1) is 12.4. The van der Waals surface area contributed by atoms with Crippen molar-refractivity contribution in [3.8, 4) is 5.75 Å². The van der Waals surface area contributed by atoms with Gasteiger partial charge in [-0.05, 0) is 17.7 Å². The Bertz CT molecular complexity index is 676. The molecule has 0 saturated carbocycles. The van der Waals surface area contributed by atoms with Crippen LogP contribution in [0.15, 0.2) is 39.6 Å². The van der Waals surface area contributed by atoms with E-state index in [4.69, 9.17) is 4.74 Å². The van der Waals surface area contributed by atoms with E-state index in [1.165, 1.54) is 6.07 Å². The molecule has 1 aromatic carbocycles. The number of hydrogen-bond acceptors (Lipinski definition) is 3. The molecule has 5 heteroatoms. The van der Waals surface area contributed by atoms with E-state index in [2.05, 4.69) is 15.9 Å². The summed E-state index contributed by atoms with van der Waals surface area (Å²) in [5.41, 5.74) is 2.32. The lowest BCUT2D eigenvalue weighted by Gasteiger charge is -2.12. The number of pyridine rings is 1. The van der Waals surface area contributed by atoms with Gasteiger partial charge in [-0.1, -0.05) is 28.1 Å². The normalized spacial score (nSPS) is 13.5. The summed E-state index contributed by atoms with van der Waals surface area (Å²) in [4.78, 5) is 12.0. The highest BCUT2D eigenvalue weighted by atomic mass is 79.9. The van der Waals surface area contributed by atoms with Gasteiger partial charge in [0.25, 0.3) is 5.56 Å². The van der Waals surface area contributed by atoms with Gasteiger partial charge in [-0.2, -0.15) is 0 Å². The largest absolute Gasteiger partial charge is 0.507 e. The molecule has 0 aliphatic carbocycles. The van der Waals surface area contributed by atoms with Crippen LogP contribution in [0.25, 0.3) is 0 Å². The first-order chi connectivity index (χ1) is 9.15. The maximum absolute atomic E-state index is 12.0. The van der Waals surface area contributed by atoms with Crippen LogP contribution in [0.1, 0.15) is 16.8 Å². The molecule has 98 valence electrons. The lowest BCUT2D eigenvalue weighted by Crippen LogP contribution is -2.23. The number of aromatic nitrogens is 1. The molecule has 0 saturated heterocycles. The number of rotatable bonds is 2. The SMILES string of the molecule is O=c1cc(O)c2c(n1Cc1ccc(Br)cc1)COC2. The number of aromatic hydroxyl groups is 1. The highest BCUT2D eigenvalue weighted by molar-refractivity contribution is 9.10. The summed E-state index contributed by atoms with van der Waals surface area (Å²) in [6.45, 7) is 1.22. The Morgan fingerprint density at radius 3 is 2.74 bits per heavy atom. The van der Waals surface area contributed by atoms with Gasteiger partial charge in [-0.25, -0.2) is 0 Å². The molecule has 1 aromatic heterocycles. The minimum absolute atomic E-state index is 0.0320. The maximum Gasteiger partial charge on any atom is 0.254 e. The molecular formula is C14H12BrNO3. The maximum atomic E-state index is 12.0. The van der Waals surface area contributed by atoms with Crippen molar-refractivity contribution in [2.24, 2.45) is 0 Å². The van der Waals surface area contributed by atoms with Crippen molar-refractivity contribution in [1.82, 2.24) is 4.57 Å². The lowest BCUT2D eigenvalue weighted by molar-refractivity contribution is 0.131. The molecule has 0 spiro atoms. The number of fused-ring (bicyclic) bond motifs is 1. The van der Waals surface area contributed by atoms with E-state index >= 15 is 0 Å². The molecular weight excluding hydrogens is 310 g/mol. The average Bonchev–Trinajstić information content (AvgIpc) is 2.86. The van der Waals surface area contributed by atoms with Crippen LogP contribution >= 0.6 is 15.9 Å². The van der Waals surface area contributed by atoms with Crippen LogP contribution in [0, 0.1) is 0 Å². The fourth-order valence-electron chi connectivity index (χ4n) is 2.24. The van der Waals surface area contributed by atoms with Crippen LogP contribution in [-0.2, 0) is 24.5 Å². The molecule has 0 bridgehead atoms. The van der Waals surface area contributed by atoms with Crippen LogP contribution < -0.4 is 5.56 Å². The predicted molar refractivity (Wildman–Crippen MR) is 74.1 cm³/mol. The third-order valence-corrected chi connectivity index (χ3v) is 3.78. The van der Waals surface area contributed by atoms with Gasteiger partial charge in [0.15, 0.2) is 0 Å². The van der Waals surface area contributed by atoms with Gasteiger partial charge in [-0.15, -0.1) is 0 Å². The fourth-order valence-corrected chi connectivity index (χ4v) is 2.51. The summed E-state index contributed by atoms with van der Waals surface area (Å²) in [5, 5.41) is 9.74. The average molecular weight is 322 g/mol. The molecule has 0 unspecified atom stereocenters. The van der Waals surface area contributed by atoms with E-state index in [1.807, 2.05) is 24.3 Å². The number of hydrogen-bond donors (Lipinski definition) is 1. The van der Waals surface area contributed by atoms with Gasteiger partial charge in [0, 0.05) is 16.1 Å². The Morgan fingerprint density at radius 1 is 1.26 bits per heavy atom. The topological polar surface area (TPSA) is 51.5 Å². The minimum Gasteiger partial charge on any atom is -0.507 e. The van der Waals surface area contributed by atoms with E-state index < -0.39 is 0 Å². The second-order valence-corrected chi connectivity index (χ2v) is 5.41. The summed E-state index contributed by atoms with van der Waals surface area (Å²) in [5.74, 6) is 0.0320. The molecule has 3 rings (SSSR count). The van der Waals surface area contributed by atoms with Crippen LogP contribution in [0.5, 0.6) is 5.75 Å². The van der Waals surface area contributed by atoms with Gasteiger partial charge in [-0.3, -0.25) is 4.79 Å². The van der Waals surface area contributed by atoms with Crippen molar-refractivity contribution < 1.29 is 9.84 Å². The van der Waals surface area contributed by atoms with Crippen LogP contribution in [0.3, 0.4) is 0 Å². The number of benzene rings is 1. The minimum atomic E-state index is -0.204. The molecule has 0 atom stereocenters. The van der Waals surface area contributed by atoms with E-state index in [-0.39, 0.29) is 11.3 Å². The molecule has 0 amide bonds. The predicted octanol–water partition coefficient (Wildman–Crippen LogP) is 2.39. The smallest absolute Gasteiger partial charge is 0.254 e. The summed E-state index contributed by atoms with van der Waals surface area (Å²) < 4.78 is 7.98. The Labute approximate surface area is 118 Å². The second kappa shape index (κ2) is 4.83. The molecule has 4 nitrogen and oxygen atoms in total. The Morgan fingerprint density at radius 2 is 2.00 bits per heavy atom. The Balaban J connectivity index is 2.04. The molecule has 1 aliphatic heterocycles. The lowest BCUT2D eigenvalue weighted by atomic mass is 10.1. The standard InChI is InChI=1S/C14H12BrNO3/c15-10-3-1-9(2-4-10)6-16-12-8-19-7-11(12)13(17)5-14(16)18/h1-5,17H,6-8H2. The van der Waals surface area contributed by atoms with Crippen LogP contribution in [0.4, 0.5) is 0 Å². The highest BCUT2D eigenvalue weighted by Gasteiger charge is 2.20.